The lowest BCUT2D eigenvalue weighted by Crippen LogP contribution is -2.41. The van der Waals surface area contributed by atoms with E-state index >= 15 is 0 Å². The molecule has 9 heteroatoms. The maximum atomic E-state index is 13.5. The maximum Gasteiger partial charge on any atom is 0.260 e. The number of thioether (sulfide) groups is 1. The fourth-order valence-electron chi connectivity index (χ4n) is 4.79. The molecule has 1 atom stereocenters. The lowest BCUT2D eigenvalue weighted by Gasteiger charge is -2.26. The number of benzene rings is 1. The monoisotopic (exact) mass is 482 g/mol. The Morgan fingerprint density at radius 1 is 1.00 bits per heavy atom. The van der Waals surface area contributed by atoms with Gasteiger partial charge in [-0.3, -0.25) is 19.1 Å². The highest BCUT2D eigenvalue weighted by Crippen LogP contribution is 2.38. The molecule has 178 valence electrons. The fourth-order valence-corrected chi connectivity index (χ4v) is 6.00. The van der Waals surface area contributed by atoms with E-state index in [1.807, 2.05) is 12.1 Å². The zero-order valence-corrected chi connectivity index (χ0v) is 19.7. The van der Waals surface area contributed by atoms with Crippen molar-refractivity contribution < 1.29 is 18.4 Å². The van der Waals surface area contributed by atoms with Crippen LogP contribution in [0.5, 0.6) is 0 Å². The van der Waals surface area contributed by atoms with Crippen LogP contribution in [0.15, 0.2) is 52.2 Å². The molecule has 1 aromatic carbocycles. The highest BCUT2D eigenvalue weighted by molar-refractivity contribution is 8.00. The van der Waals surface area contributed by atoms with Crippen molar-refractivity contribution in [2.45, 2.75) is 67.8 Å². The molecule has 2 amide bonds. The Morgan fingerprint density at radius 2 is 1.76 bits per heavy atom. The van der Waals surface area contributed by atoms with Crippen molar-refractivity contribution in [3.05, 3.63) is 54.0 Å². The number of hydrogen-bond acceptors (Lipinski definition) is 6. The molecular formula is C25H27FN4O3S. The molecule has 1 aliphatic heterocycles. The SMILES string of the molecule is O=C(c1ccc(F)cc1)N1CCCC[C@H](Sc2nnc(-c3ccco3)n2C2CCCCC2)C1=O. The second-order valence-electron chi connectivity index (χ2n) is 8.85. The predicted molar refractivity (Wildman–Crippen MR) is 126 cm³/mol. The van der Waals surface area contributed by atoms with Crippen LogP contribution in [0.4, 0.5) is 4.39 Å². The topological polar surface area (TPSA) is 81.2 Å². The summed E-state index contributed by atoms with van der Waals surface area (Å²) in [5, 5.41) is 9.14. The molecule has 34 heavy (non-hydrogen) atoms. The highest BCUT2D eigenvalue weighted by atomic mass is 32.2. The second-order valence-corrected chi connectivity index (χ2v) is 10.0. The van der Waals surface area contributed by atoms with Crippen LogP contribution in [0.3, 0.4) is 0 Å². The molecule has 1 saturated heterocycles. The van der Waals surface area contributed by atoms with E-state index in [1.165, 1.54) is 47.3 Å². The molecule has 0 bridgehead atoms. The van der Waals surface area contributed by atoms with Crippen molar-refractivity contribution in [1.82, 2.24) is 19.7 Å². The Labute approximate surface area is 201 Å². The largest absolute Gasteiger partial charge is 0.461 e. The molecule has 5 rings (SSSR count). The number of likely N-dealkylation sites (tertiary alicyclic amines) is 1. The molecule has 2 fully saturated rings. The van der Waals surface area contributed by atoms with Gasteiger partial charge >= 0.3 is 0 Å². The first-order chi connectivity index (χ1) is 16.6. The standard InChI is InChI=1S/C25H27FN4O3S/c26-18-13-11-17(12-14-18)23(31)29-15-5-4-10-21(24(29)32)34-25-28-27-22(20-9-6-16-33-20)30(25)19-7-2-1-3-8-19/h6,9,11-14,16,19,21H,1-5,7-8,10,15H2/t21-/m0/s1. The van der Waals surface area contributed by atoms with E-state index in [0.29, 0.717) is 35.3 Å². The predicted octanol–water partition coefficient (Wildman–Crippen LogP) is 5.50. The summed E-state index contributed by atoms with van der Waals surface area (Å²) in [6.45, 7) is 0.360. The average molecular weight is 483 g/mol. The zero-order valence-electron chi connectivity index (χ0n) is 18.9. The number of imide groups is 1. The van der Waals surface area contributed by atoms with Gasteiger partial charge in [0.2, 0.25) is 11.7 Å². The van der Waals surface area contributed by atoms with E-state index in [2.05, 4.69) is 14.8 Å². The van der Waals surface area contributed by atoms with Crippen LogP contribution in [0.1, 0.15) is 67.8 Å². The summed E-state index contributed by atoms with van der Waals surface area (Å²) in [5.74, 6) is 0.309. The van der Waals surface area contributed by atoms with Gasteiger partial charge in [0.1, 0.15) is 5.82 Å². The molecular weight excluding hydrogens is 455 g/mol. The molecule has 3 aromatic rings. The quantitative estimate of drug-likeness (QED) is 0.447. The summed E-state index contributed by atoms with van der Waals surface area (Å²) in [4.78, 5) is 27.9. The molecule has 2 aliphatic rings. The minimum atomic E-state index is -0.442. The van der Waals surface area contributed by atoms with E-state index in [4.69, 9.17) is 4.42 Å². The van der Waals surface area contributed by atoms with E-state index in [9.17, 15) is 14.0 Å². The van der Waals surface area contributed by atoms with Crippen molar-refractivity contribution >= 4 is 23.6 Å². The number of halogens is 1. The van der Waals surface area contributed by atoms with Gasteiger partial charge < -0.3 is 4.42 Å². The van der Waals surface area contributed by atoms with Crippen LogP contribution in [-0.4, -0.2) is 43.3 Å². The van der Waals surface area contributed by atoms with Gasteiger partial charge in [-0.1, -0.05) is 37.4 Å². The number of rotatable bonds is 5. The molecule has 0 N–H and O–H groups in total. The normalized spacial score (nSPS) is 19.9. The highest BCUT2D eigenvalue weighted by Gasteiger charge is 2.35. The van der Waals surface area contributed by atoms with Crippen LogP contribution in [-0.2, 0) is 4.79 Å². The number of aromatic nitrogens is 3. The number of carbonyl (C=O) groups is 2. The number of furan rings is 1. The van der Waals surface area contributed by atoms with E-state index < -0.39 is 11.1 Å². The van der Waals surface area contributed by atoms with Gasteiger partial charge in [0.25, 0.3) is 5.91 Å². The molecule has 0 radical (unpaired) electrons. The summed E-state index contributed by atoms with van der Waals surface area (Å²) in [5.41, 5.74) is 0.311. The Balaban J connectivity index is 1.42. The van der Waals surface area contributed by atoms with Gasteiger partial charge in [0, 0.05) is 18.2 Å². The third-order valence-corrected chi connectivity index (χ3v) is 7.78. The van der Waals surface area contributed by atoms with Gasteiger partial charge in [-0.2, -0.15) is 0 Å². The molecule has 3 heterocycles. The van der Waals surface area contributed by atoms with Crippen LogP contribution < -0.4 is 0 Å². The van der Waals surface area contributed by atoms with Crippen molar-refractivity contribution in [3.63, 3.8) is 0 Å². The van der Waals surface area contributed by atoms with Gasteiger partial charge in [0.05, 0.1) is 11.5 Å². The van der Waals surface area contributed by atoms with Gasteiger partial charge in [-0.25, -0.2) is 4.39 Å². The lowest BCUT2D eigenvalue weighted by atomic mass is 9.95. The van der Waals surface area contributed by atoms with Crippen molar-refractivity contribution in [3.8, 4) is 11.6 Å². The summed E-state index contributed by atoms with van der Waals surface area (Å²) in [6, 6.07) is 9.28. The third kappa shape index (κ3) is 4.66. The zero-order chi connectivity index (χ0) is 23.5. The summed E-state index contributed by atoms with van der Waals surface area (Å²) < 4.78 is 21.1. The number of hydrogen-bond donors (Lipinski definition) is 0. The number of nitrogens with zero attached hydrogens (tertiary/aromatic N) is 4. The minimum Gasteiger partial charge on any atom is -0.461 e. The summed E-state index contributed by atoms with van der Waals surface area (Å²) in [6.07, 6.45) is 9.43. The van der Waals surface area contributed by atoms with Gasteiger partial charge in [0.15, 0.2) is 10.9 Å². The fraction of sp³-hybridized carbons (Fsp3) is 0.440. The Hall–Kier alpha value is -2.94. The molecule has 1 saturated carbocycles. The van der Waals surface area contributed by atoms with Crippen LogP contribution in [0, 0.1) is 5.82 Å². The lowest BCUT2D eigenvalue weighted by molar-refractivity contribution is -0.127. The first-order valence-corrected chi connectivity index (χ1v) is 12.8. The van der Waals surface area contributed by atoms with E-state index in [1.54, 1.807) is 6.26 Å². The molecule has 1 aliphatic carbocycles. The first kappa shape index (κ1) is 22.8. The Kier molecular flexibility index (Phi) is 6.80. The first-order valence-electron chi connectivity index (χ1n) is 11.9. The maximum absolute atomic E-state index is 13.5. The van der Waals surface area contributed by atoms with E-state index in [-0.39, 0.29) is 17.9 Å². The van der Waals surface area contributed by atoms with E-state index in [0.717, 1.165) is 38.5 Å². The Bertz CT molecular complexity index is 1140. The molecule has 7 nitrogen and oxygen atoms in total. The van der Waals surface area contributed by atoms with Gasteiger partial charge in [-0.05, 0) is 62.1 Å². The molecule has 0 spiro atoms. The van der Waals surface area contributed by atoms with Crippen molar-refractivity contribution in [2.75, 3.05) is 6.54 Å². The number of amides is 2. The van der Waals surface area contributed by atoms with Crippen molar-refractivity contribution in [1.29, 1.82) is 0 Å². The second kappa shape index (κ2) is 10.1. The number of carbonyl (C=O) groups excluding carboxylic acids is 2. The van der Waals surface area contributed by atoms with Crippen LogP contribution >= 0.6 is 11.8 Å². The smallest absolute Gasteiger partial charge is 0.260 e. The molecule has 2 aromatic heterocycles. The summed E-state index contributed by atoms with van der Waals surface area (Å²) >= 11 is 1.39. The van der Waals surface area contributed by atoms with Gasteiger partial charge in [-0.15, -0.1) is 10.2 Å². The Morgan fingerprint density at radius 3 is 2.50 bits per heavy atom. The third-order valence-electron chi connectivity index (χ3n) is 6.57. The van der Waals surface area contributed by atoms with Crippen LogP contribution in [0.25, 0.3) is 11.6 Å². The minimum absolute atomic E-state index is 0.227. The van der Waals surface area contributed by atoms with Crippen molar-refractivity contribution in [2.24, 2.45) is 0 Å². The molecule has 0 unspecified atom stereocenters. The van der Waals surface area contributed by atoms with Crippen LogP contribution in [0.2, 0.25) is 0 Å². The average Bonchev–Trinajstić information content (AvgIpc) is 3.50. The summed E-state index contributed by atoms with van der Waals surface area (Å²) in [7, 11) is 0.